The molecule has 1 unspecified atom stereocenters. The zero-order chi connectivity index (χ0) is 10.1. The van der Waals surface area contributed by atoms with Gasteiger partial charge in [0.1, 0.15) is 12.9 Å². The summed E-state index contributed by atoms with van der Waals surface area (Å²) in [5.41, 5.74) is -0.903. The van der Waals surface area contributed by atoms with E-state index in [1.807, 2.05) is 0 Å². The molecule has 0 aromatic carbocycles. The molecule has 0 spiro atoms. The lowest BCUT2D eigenvalue weighted by atomic mass is 10.2. The van der Waals surface area contributed by atoms with Crippen LogP contribution in [0.5, 0.6) is 0 Å². The minimum Gasteiger partial charge on any atom is -0.476 e. The Kier molecular flexibility index (Phi) is 1.96. The molecule has 15 heavy (non-hydrogen) atoms. The van der Waals surface area contributed by atoms with E-state index in [1.165, 1.54) is 6.26 Å². The van der Waals surface area contributed by atoms with Crippen molar-refractivity contribution in [2.45, 2.75) is 5.72 Å². The van der Waals surface area contributed by atoms with Gasteiger partial charge < -0.3 is 13.9 Å². The molecule has 1 fully saturated rings. The van der Waals surface area contributed by atoms with Crippen molar-refractivity contribution < 1.29 is 13.9 Å². The van der Waals surface area contributed by atoms with E-state index >= 15 is 0 Å². The average molecular weight is 209 g/mol. The molecule has 6 heteroatoms. The van der Waals surface area contributed by atoms with Gasteiger partial charge in [0.25, 0.3) is 11.6 Å². The van der Waals surface area contributed by atoms with Gasteiger partial charge in [-0.3, -0.25) is 5.32 Å². The summed E-state index contributed by atoms with van der Waals surface area (Å²) in [5, 5.41) is 3.18. The maximum Gasteiger partial charge on any atom is 0.274 e. The van der Waals surface area contributed by atoms with Gasteiger partial charge in [-0.05, 0) is 0 Å². The smallest absolute Gasteiger partial charge is 0.274 e. The molecule has 1 saturated heterocycles. The summed E-state index contributed by atoms with van der Waals surface area (Å²) in [6, 6.07) is 0. The summed E-state index contributed by atoms with van der Waals surface area (Å²) in [6.07, 6.45) is 3.09. The molecule has 0 saturated carbocycles. The summed E-state index contributed by atoms with van der Waals surface area (Å²) in [7, 11) is 0. The fourth-order valence-electron chi connectivity index (χ4n) is 1.79. The molecule has 1 N–H and O–H groups in total. The molecule has 0 bridgehead atoms. The predicted octanol–water partition coefficient (Wildman–Crippen LogP) is -0.124. The van der Waals surface area contributed by atoms with Crippen LogP contribution in [0.15, 0.2) is 21.9 Å². The number of nitrogens with one attached hydrogen (secondary N) is 1. The molecule has 3 heterocycles. The van der Waals surface area contributed by atoms with Crippen molar-refractivity contribution in [1.82, 2.24) is 10.3 Å². The number of ether oxygens (including phenoxy) is 2. The van der Waals surface area contributed by atoms with E-state index in [4.69, 9.17) is 13.9 Å². The third kappa shape index (κ3) is 1.25. The molecule has 2 aliphatic heterocycles. The second-order valence-corrected chi connectivity index (χ2v) is 3.33. The maximum absolute atomic E-state index is 5.65. The SMILES string of the molecule is c1coc(C2(C3=NCCO3)NCCO2)n1. The highest BCUT2D eigenvalue weighted by Gasteiger charge is 2.49. The third-order valence-electron chi connectivity index (χ3n) is 2.41. The van der Waals surface area contributed by atoms with E-state index < -0.39 is 5.72 Å². The molecule has 1 aromatic rings. The van der Waals surface area contributed by atoms with Crippen molar-refractivity contribution in [3.63, 3.8) is 0 Å². The quantitative estimate of drug-likeness (QED) is 0.735. The lowest BCUT2D eigenvalue weighted by molar-refractivity contribution is 0.00701. The fraction of sp³-hybridized carbons (Fsp3) is 0.556. The van der Waals surface area contributed by atoms with E-state index in [2.05, 4.69) is 15.3 Å². The first-order chi connectivity index (χ1) is 7.42. The van der Waals surface area contributed by atoms with Crippen LogP contribution in [0, 0.1) is 0 Å². The average Bonchev–Trinajstić information content (AvgIpc) is 3.02. The Morgan fingerprint density at radius 3 is 3.00 bits per heavy atom. The molecule has 6 nitrogen and oxygen atoms in total. The molecule has 1 aromatic heterocycles. The zero-order valence-electron chi connectivity index (χ0n) is 8.10. The normalized spacial score (nSPS) is 30.3. The summed E-state index contributed by atoms with van der Waals surface area (Å²) in [5.74, 6) is 0.961. The molecule has 1 atom stereocenters. The molecule has 80 valence electrons. The Bertz CT molecular complexity index is 368. The van der Waals surface area contributed by atoms with Crippen LogP contribution in [0.3, 0.4) is 0 Å². The van der Waals surface area contributed by atoms with Crippen LogP contribution in [-0.4, -0.2) is 37.2 Å². The van der Waals surface area contributed by atoms with Crippen molar-refractivity contribution >= 4 is 5.90 Å². The molecule has 2 aliphatic rings. The lowest BCUT2D eigenvalue weighted by Gasteiger charge is -2.23. The number of aromatic nitrogens is 1. The number of hydrogen-bond donors (Lipinski definition) is 1. The highest BCUT2D eigenvalue weighted by atomic mass is 16.6. The Hall–Kier alpha value is -1.40. The second kappa shape index (κ2) is 3.32. The van der Waals surface area contributed by atoms with Gasteiger partial charge in [-0.25, -0.2) is 9.98 Å². The van der Waals surface area contributed by atoms with Crippen molar-refractivity contribution in [2.24, 2.45) is 4.99 Å². The van der Waals surface area contributed by atoms with E-state index in [-0.39, 0.29) is 0 Å². The summed E-state index contributed by atoms with van der Waals surface area (Å²) in [4.78, 5) is 8.35. The number of oxazole rings is 1. The van der Waals surface area contributed by atoms with Crippen molar-refractivity contribution in [3.05, 3.63) is 18.4 Å². The van der Waals surface area contributed by atoms with Gasteiger partial charge in [-0.2, -0.15) is 0 Å². The van der Waals surface area contributed by atoms with Crippen LogP contribution >= 0.6 is 0 Å². The Balaban J connectivity index is 2.02. The number of hydrogen-bond acceptors (Lipinski definition) is 6. The number of nitrogens with zero attached hydrogens (tertiary/aromatic N) is 2. The molecule has 0 aliphatic carbocycles. The van der Waals surface area contributed by atoms with E-state index in [0.717, 1.165) is 6.54 Å². The summed E-state index contributed by atoms with van der Waals surface area (Å²) >= 11 is 0. The monoisotopic (exact) mass is 209 g/mol. The fourth-order valence-corrected chi connectivity index (χ4v) is 1.79. The van der Waals surface area contributed by atoms with Crippen LogP contribution in [0.1, 0.15) is 5.89 Å². The second-order valence-electron chi connectivity index (χ2n) is 3.33. The van der Waals surface area contributed by atoms with Crippen LogP contribution in [0.2, 0.25) is 0 Å². The Labute approximate surface area is 86.3 Å². The third-order valence-corrected chi connectivity index (χ3v) is 2.41. The largest absolute Gasteiger partial charge is 0.476 e. The number of rotatable bonds is 2. The molecule has 3 rings (SSSR count). The number of aliphatic imine (C=N–C) groups is 1. The van der Waals surface area contributed by atoms with Gasteiger partial charge in [0, 0.05) is 6.54 Å². The molecular formula is C9H11N3O3. The lowest BCUT2D eigenvalue weighted by Crippen LogP contribution is -2.46. The first-order valence-corrected chi connectivity index (χ1v) is 4.88. The maximum atomic E-state index is 5.65. The van der Waals surface area contributed by atoms with Crippen LogP contribution < -0.4 is 5.32 Å². The predicted molar refractivity (Wildman–Crippen MR) is 50.4 cm³/mol. The van der Waals surface area contributed by atoms with E-state index in [1.54, 1.807) is 6.20 Å². The van der Waals surface area contributed by atoms with Crippen LogP contribution in [0.4, 0.5) is 0 Å². The summed E-state index contributed by atoms with van der Waals surface area (Å²) in [6.45, 7) is 2.56. The minimum atomic E-state index is -0.903. The summed E-state index contributed by atoms with van der Waals surface area (Å²) < 4.78 is 16.3. The first-order valence-electron chi connectivity index (χ1n) is 4.88. The van der Waals surface area contributed by atoms with Crippen LogP contribution in [0.25, 0.3) is 0 Å². The molecule has 0 amide bonds. The standard InChI is InChI=1S/C9H11N3O3/c1-4-13-7(10-1)9(12-3-6-15-9)8-11-2-5-14-8/h1,4,12H,2-3,5-6H2. The van der Waals surface area contributed by atoms with Gasteiger partial charge >= 0.3 is 0 Å². The van der Waals surface area contributed by atoms with E-state index in [0.29, 0.717) is 31.5 Å². The van der Waals surface area contributed by atoms with Crippen molar-refractivity contribution in [1.29, 1.82) is 0 Å². The topological polar surface area (TPSA) is 68.9 Å². The van der Waals surface area contributed by atoms with Gasteiger partial charge in [0.2, 0.25) is 5.90 Å². The minimum absolute atomic E-state index is 0.445. The highest BCUT2D eigenvalue weighted by molar-refractivity contribution is 5.86. The zero-order valence-corrected chi connectivity index (χ0v) is 8.10. The Morgan fingerprint density at radius 1 is 1.40 bits per heavy atom. The van der Waals surface area contributed by atoms with Crippen LogP contribution in [-0.2, 0) is 15.2 Å². The van der Waals surface area contributed by atoms with Gasteiger partial charge in [0.15, 0.2) is 0 Å². The molecule has 0 radical (unpaired) electrons. The first kappa shape index (κ1) is 8.87. The van der Waals surface area contributed by atoms with Crippen molar-refractivity contribution in [3.8, 4) is 0 Å². The Morgan fingerprint density at radius 2 is 2.40 bits per heavy atom. The van der Waals surface area contributed by atoms with Crippen molar-refractivity contribution in [2.75, 3.05) is 26.3 Å². The van der Waals surface area contributed by atoms with Gasteiger partial charge in [-0.15, -0.1) is 0 Å². The highest BCUT2D eigenvalue weighted by Crippen LogP contribution is 2.28. The van der Waals surface area contributed by atoms with Gasteiger partial charge in [0.05, 0.1) is 19.3 Å². The molecular weight excluding hydrogens is 198 g/mol. The van der Waals surface area contributed by atoms with Gasteiger partial charge in [-0.1, -0.05) is 0 Å². The van der Waals surface area contributed by atoms with E-state index in [9.17, 15) is 0 Å².